The molecule has 0 saturated heterocycles. The first-order chi connectivity index (χ1) is 9.51. The molecule has 0 aromatic carbocycles. The second kappa shape index (κ2) is 6.50. The number of ether oxygens (including phenoxy) is 1. The summed E-state index contributed by atoms with van der Waals surface area (Å²) in [7, 11) is 0. The van der Waals surface area contributed by atoms with Crippen molar-refractivity contribution in [3.8, 4) is 0 Å². The first-order valence-corrected chi connectivity index (χ1v) is 7.34. The fraction of sp³-hybridized carbons (Fsp3) is 0.643. The molecular formula is C14H20ClN3O2. The van der Waals surface area contributed by atoms with Crippen LogP contribution >= 0.6 is 11.6 Å². The number of nitrogens with one attached hydrogen (secondary N) is 1. The van der Waals surface area contributed by atoms with E-state index in [0.717, 1.165) is 12.8 Å². The van der Waals surface area contributed by atoms with Crippen LogP contribution in [-0.4, -0.2) is 34.6 Å². The van der Waals surface area contributed by atoms with Gasteiger partial charge in [-0.2, -0.15) is 0 Å². The van der Waals surface area contributed by atoms with E-state index >= 15 is 0 Å². The van der Waals surface area contributed by atoms with Gasteiger partial charge in [0.15, 0.2) is 0 Å². The van der Waals surface area contributed by atoms with Gasteiger partial charge in [-0.1, -0.05) is 25.4 Å². The van der Waals surface area contributed by atoms with Gasteiger partial charge in [-0.05, 0) is 19.8 Å². The molecule has 1 aromatic heterocycles. The smallest absolute Gasteiger partial charge is 0.271 e. The molecule has 5 nitrogen and oxygen atoms in total. The van der Waals surface area contributed by atoms with E-state index in [4.69, 9.17) is 16.3 Å². The Kier molecular flexibility index (Phi) is 4.94. The van der Waals surface area contributed by atoms with E-state index in [9.17, 15) is 4.79 Å². The Morgan fingerprint density at radius 3 is 2.85 bits per heavy atom. The van der Waals surface area contributed by atoms with Gasteiger partial charge in [-0.15, -0.1) is 0 Å². The molecule has 0 bridgehead atoms. The van der Waals surface area contributed by atoms with Crippen LogP contribution in [0.2, 0.25) is 5.02 Å². The van der Waals surface area contributed by atoms with Gasteiger partial charge in [0.25, 0.3) is 5.91 Å². The zero-order valence-electron chi connectivity index (χ0n) is 12.0. The molecule has 1 saturated carbocycles. The van der Waals surface area contributed by atoms with Crippen molar-refractivity contribution in [2.75, 3.05) is 6.61 Å². The van der Waals surface area contributed by atoms with Gasteiger partial charge in [0.1, 0.15) is 11.5 Å². The summed E-state index contributed by atoms with van der Waals surface area (Å²) in [6.07, 6.45) is 3.44. The second-order valence-corrected chi connectivity index (χ2v) is 5.71. The number of aromatic nitrogens is 2. The molecule has 1 N–H and O–H groups in total. The third-order valence-electron chi connectivity index (χ3n) is 3.33. The van der Waals surface area contributed by atoms with E-state index in [1.165, 1.54) is 6.20 Å². The summed E-state index contributed by atoms with van der Waals surface area (Å²) in [5.74, 6) is 0.546. The number of halogens is 1. The largest absolute Gasteiger partial charge is 0.378 e. The molecule has 20 heavy (non-hydrogen) atoms. The Hall–Kier alpha value is -1.20. The highest BCUT2D eigenvalue weighted by molar-refractivity contribution is 6.33. The summed E-state index contributed by atoms with van der Waals surface area (Å²) in [5, 5.41) is 3.22. The maximum absolute atomic E-state index is 12.2. The van der Waals surface area contributed by atoms with Crippen molar-refractivity contribution in [1.29, 1.82) is 0 Å². The van der Waals surface area contributed by atoms with Gasteiger partial charge >= 0.3 is 0 Å². The second-order valence-electron chi connectivity index (χ2n) is 5.30. The molecule has 1 aliphatic carbocycles. The van der Waals surface area contributed by atoms with E-state index in [1.807, 2.05) is 20.8 Å². The zero-order chi connectivity index (χ0) is 14.7. The van der Waals surface area contributed by atoms with Gasteiger partial charge in [-0.25, -0.2) is 9.97 Å². The summed E-state index contributed by atoms with van der Waals surface area (Å²) < 4.78 is 5.47. The number of amides is 1. The Labute approximate surface area is 124 Å². The summed E-state index contributed by atoms with van der Waals surface area (Å²) in [4.78, 5) is 20.6. The van der Waals surface area contributed by atoms with Gasteiger partial charge in [-0.3, -0.25) is 4.79 Å². The maximum Gasteiger partial charge on any atom is 0.271 e. The van der Waals surface area contributed by atoms with E-state index in [-0.39, 0.29) is 34.7 Å². The molecule has 0 atom stereocenters. The lowest BCUT2D eigenvalue weighted by molar-refractivity contribution is -0.00867. The predicted octanol–water partition coefficient (Wildman–Crippen LogP) is 2.55. The van der Waals surface area contributed by atoms with Crippen LogP contribution in [0.5, 0.6) is 0 Å². The molecule has 1 amide bonds. The lowest BCUT2D eigenvalue weighted by Crippen LogP contribution is -2.48. The summed E-state index contributed by atoms with van der Waals surface area (Å²) >= 11 is 6.01. The van der Waals surface area contributed by atoms with Crippen molar-refractivity contribution in [2.24, 2.45) is 0 Å². The van der Waals surface area contributed by atoms with Gasteiger partial charge in [0.05, 0.1) is 17.3 Å². The summed E-state index contributed by atoms with van der Waals surface area (Å²) in [6.45, 7) is 6.63. The van der Waals surface area contributed by atoms with Crippen LogP contribution in [0.1, 0.15) is 55.8 Å². The number of carbonyl (C=O) groups excluding carboxylic acids is 1. The fourth-order valence-electron chi connectivity index (χ4n) is 2.13. The Bertz CT molecular complexity index is 487. The van der Waals surface area contributed by atoms with Gasteiger partial charge in [0, 0.05) is 18.6 Å². The minimum atomic E-state index is -0.237. The summed E-state index contributed by atoms with van der Waals surface area (Å²) in [6, 6.07) is 0.146. The van der Waals surface area contributed by atoms with Crippen molar-refractivity contribution in [3.63, 3.8) is 0 Å². The van der Waals surface area contributed by atoms with E-state index in [0.29, 0.717) is 12.4 Å². The third-order valence-corrected chi connectivity index (χ3v) is 3.60. The molecule has 2 rings (SSSR count). The van der Waals surface area contributed by atoms with Crippen molar-refractivity contribution < 1.29 is 9.53 Å². The summed E-state index contributed by atoms with van der Waals surface area (Å²) in [5.41, 5.74) is 0.255. The van der Waals surface area contributed by atoms with Crippen LogP contribution < -0.4 is 5.32 Å². The third kappa shape index (κ3) is 3.46. The molecule has 6 heteroatoms. The quantitative estimate of drug-likeness (QED) is 0.907. The fourth-order valence-corrected chi connectivity index (χ4v) is 2.30. The van der Waals surface area contributed by atoms with Crippen molar-refractivity contribution in [1.82, 2.24) is 15.3 Å². The predicted molar refractivity (Wildman–Crippen MR) is 77.0 cm³/mol. The number of nitrogens with zero attached hydrogens (tertiary/aromatic N) is 2. The Morgan fingerprint density at radius 2 is 2.25 bits per heavy atom. The minimum Gasteiger partial charge on any atom is -0.378 e. The zero-order valence-corrected chi connectivity index (χ0v) is 12.8. The van der Waals surface area contributed by atoms with Crippen molar-refractivity contribution in [2.45, 2.75) is 51.7 Å². The van der Waals surface area contributed by atoms with Gasteiger partial charge < -0.3 is 10.1 Å². The number of rotatable bonds is 5. The van der Waals surface area contributed by atoms with E-state index in [2.05, 4.69) is 15.3 Å². The van der Waals surface area contributed by atoms with Crippen LogP contribution in [0.3, 0.4) is 0 Å². The molecule has 0 aliphatic heterocycles. The Morgan fingerprint density at radius 1 is 1.55 bits per heavy atom. The maximum atomic E-state index is 12.2. The topological polar surface area (TPSA) is 64.1 Å². The highest BCUT2D eigenvalue weighted by Gasteiger charge is 2.31. The average Bonchev–Trinajstić information content (AvgIpc) is 2.36. The normalized spacial score (nSPS) is 21.6. The first-order valence-electron chi connectivity index (χ1n) is 6.96. The number of hydrogen-bond acceptors (Lipinski definition) is 4. The lowest BCUT2D eigenvalue weighted by atomic mass is 9.89. The standard InChI is InChI=1S/C14H20ClN3O2/c1-4-20-10-5-9(6-10)17-14(19)12-11(15)7-16-13(18-12)8(2)3/h7-10H,4-6H2,1-3H3,(H,17,19). The van der Waals surface area contributed by atoms with Crippen molar-refractivity contribution >= 4 is 17.5 Å². The SMILES string of the molecule is CCOC1CC(NC(=O)c2nc(C(C)C)ncc2Cl)C1. The van der Waals surface area contributed by atoms with Crippen molar-refractivity contribution in [3.05, 3.63) is 22.7 Å². The lowest BCUT2D eigenvalue weighted by Gasteiger charge is -2.35. The van der Waals surface area contributed by atoms with Crippen LogP contribution in [0, 0.1) is 0 Å². The molecule has 0 unspecified atom stereocenters. The average molecular weight is 298 g/mol. The number of carbonyl (C=O) groups is 1. The highest BCUT2D eigenvalue weighted by Crippen LogP contribution is 2.24. The molecule has 1 heterocycles. The number of hydrogen-bond donors (Lipinski definition) is 1. The van der Waals surface area contributed by atoms with Gasteiger partial charge in [0.2, 0.25) is 0 Å². The van der Waals surface area contributed by atoms with Crippen LogP contribution in [0.4, 0.5) is 0 Å². The van der Waals surface area contributed by atoms with Crippen LogP contribution in [-0.2, 0) is 4.74 Å². The monoisotopic (exact) mass is 297 g/mol. The van der Waals surface area contributed by atoms with Crippen LogP contribution in [0.15, 0.2) is 6.20 Å². The Balaban J connectivity index is 1.98. The molecule has 1 aromatic rings. The molecule has 0 spiro atoms. The minimum absolute atomic E-state index is 0.146. The molecule has 1 aliphatic rings. The highest BCUT2D eigenvalue weighted by atomic mass is 35.5. The first kappa shape index (κ1) is 15.2. The molecule has 0 radical (unpaired) electrons. The molecule has 1 fully saturated rings. The van der Waals surface area contributed by atoms with E-state index < -0.39 is 0 Å². The molecule has 110 valence electrons. The molecular weight excluding hydrogens is 278 g/mol. The van der Waals surface area contributed by atoms with Crippen LogP contribution in [0.25, 0.3) is 0 Å². The van der Waals surface area contributed by atoms with E-state index in [1.54, 1.807) is 0 Å².